The van der Waals surface area contributed by atoms with Gasteiger partial charge in [0.1, 0.15) is 0 Å². The molecule has 0 fully saturated rings. The summed E-state index contributed by atoms with van der Waals surface area (Å²) in [4.78, 5) is 13.7. The maximum Gasteiger partial charge on any atom is 0.240 e. The van der Waals surface area contributed by atoms with Gasteiger partial charge in [0.2, 0.25) is 6.08 Å². The fraction of sp³-hybridized carbons (Fsp3) is 0.300. The normalized spacial score (nSPS) is 9.46. The Labute approximate surface area is 77.5 Å². The van der Waals surface area contributed by atoms with Crippen LogP contribution in [0, 0.1) is 0 Å². The number of para-hydroxylation sites is 2. The van der Waals surface area contributed by atoms with E-state index in [2.05, 4.69) is 10.3 Å². The van der Waals surface area contributed by atoms with Crippen molar-refractivity contribution >= 4 is 17.5 Å². The van der Waals surface area contributed by atoms with Crippen molar-refractivity contribution in [3.8, 4) is 0 Å². The molecule has 1 rings (SSSR count). The largest absolute Gasteiger partial charge is 0.381 e. The van der Waals surface area contributed by atoms with Gasteiger partial charge in [0.05, 0.1) is 11.4 Å². The SMILES string of the molecule is CC(C)Nc1ccccc1N=C=O. The first kappa shape index (κ1) is 9.49. The summed E-state index contributed by atoms with van der Waals surface area (Å²) in [6.07, 6.45) is 1.53. The number of aliphatic imine (C=N–C) groups is 1. The number of hydrogen-bond donors (Lipinski definition) is 1. The van der Waals surface area contributed by atoms with Crippen LogP contribution in [0.1, 0.15) is 13.8 Å². The molecular formula is C10H12N2O. The van der Waals surface area contributed by atoms with Crippen LogP contribution in [0.15, 0.2) is 29.3 Å². The Kier molecular flexibility index (Phi) is 3.23. The van der Waals surface area contributed by atoms with E-state index in [1.807, 2.05) is 32.0 Å². The molecule has 0 atom stereocenters. The zero-order valence-electron chi connectivity index (χ0n) is 7.74. The summed E-state index contributed by atoms with van der Waals surface area (Å²) >= 11 is 0. The minimum Gasteiger partial charge on any atom is -0.381 e. The average Bonchev–Trinajstić information content (AvgIpc) is 2.08. The quantitative estimate of drug-likeness (QED) is 0.567. The van der Waals surface area contributed by atoms with Crippen LogP contribution >= 0.6 is 0 Å². The first-order valence-corrected chi connectivity index (χ1v) is 4.17. The molecule has 0 bridgehead atoms. The first-order chi connectivity index (χ1) is 6.24. The maximum atomic E-state index is 10.1. The van der Waals surface area contributed by atoms with Crippen LogP contribution in [0.4, 0.5) is 11.4 Å². The number of anilines is 1. The van der Waals surface area contributed by atoms with E-state index < -0.39 is 0 Å². The smallest absolute Gasteiger partial charge is 0.240 e. The molecule has 0 saturated heterocycles. The highest BCUT2D eigenvalue weighted by Crippen LogP contribution is 2.23. The lowest BCUT2D eigenvalue weighted by Gasteiger charge is -2.10. The summed E-state index contributed by atoms with van der Waals surface area (Å²) in [5.74, 6) is 0. The number of rotatable bonds is 3. The van der Waals surface area contributed by atoms with Crippen LogP contribution in [0.25, 0.3) is 0 Å². The number of nitrogens with one attached hydrogen (secondary N) is 1. The van der Waals surface area contributed by atoms with Crippen molar-refractivity contribution in [3.05, 3.63) is 24.3 Å². The Morgan fingerprint density at radius 1 is 1.38 bits per heavy atom. The van der Waals surface area contributed by atoms with E-state index in [1.165, 1.54) is 6.08 Å². The van der Waals surface area contributed by atoms with Gasteiger partial charge < -0.3 is 5.32 Å². The Balaban J connectivity index is 2.97. The predicted octanol–water partition coefficient (Wildman–Crippen LogP) is 2.47. The second-order valence-electron chi connectivity index (χ2n) is 3.02. The average molecular weight is 176 g/mol. The van der Waals surface area contributed by atoms with Crippen LogP contribution in [-0.4, -0.2) is 12.1 Å². The standard InChI is InChI=1S/C10H12N2O/c1-8(2)12-10-6-4-3-5-9(10)11-7-13/h3-6,8,12H,1-2H3. The van der Waals surface area contributed by atoms with Crippen LogP contribution in [0.2, 0.25) is 0 Å². The molecular weight excluding hydrogens is 164 g/mol. The van der Waals surface area contributed by atoms with E-state index in [1.54, 1.807) is 6.07 Å². The summed E-state index contributed by atoms with van der Waals surface area (Å²) in [5.41, 5.74) is 1.49. The van der Waals surface area contributed by atoms with Crippen molar-refractivity contribution in [2.24, 2.45) is 4.99 Å². The number of benzene rings is 1. The molecule has 0 spiro atoms. The zero-order chi connectivity index (χ0) is 9.68. The van der Waals surface area contributed by atoms with Crippen LogP contribution in [-0.2, 0) is 4.79 Å². The number of isocyanates is 1. The third-order valence-electron chi connectivity index (χ3n) is 1.51. The number of hydrogen-bond acceptors (Lipinski definition) is 3. The molecule has 0 aliphatic carbocycles. The van der Waals surface area contributed by atoms with Gasteiger partial charge in [0.15, 0.2) is 0 Å². The van der Waals surface area contributed by atoms with Gasteiger partial charge in [-0.05, 0) is 26.0 Å². The second kappa shape index (κ2) is 4.43. The molecule has 68 valence electrons. The molecule has 13 heavy (non-hydrogen) atoms. The van der Waals surface area contributed by atoms with Crippen molar-refractivity contribution in [3.63, 3.8) is 0 Å². The Hall–Kier alpha value is -1.60. The third kappa shape index (κ3) is 2.73. The molecule has 0 aliphatic heterocycles. The van der Waals surface area contributed by atoms with Gasteiger partial charge in [-0.25, -0.2) is 4.79 Å². The van der Waals surface area contributed by atoms with E-state index in [0.717, 1.165) is 5.69 Å². The highest BCUT2D eigenvalue weighted by Gasteiger charge is 2.00. The monoisotopic (exact) mass is 176 g/mol. The van der Waals surface area contributed by atoms with Gasteiger partial charge in [0.25, 0.3) is 0 Å². The topological polar surface area (TPSA) is 41.5 Å². The molecule has 0 heterocycles. The highest BCUT2D eigenvalue weighted by molar-refractivity contribution is 5.68. The fourth-order valence-electron chi connectivity index (χ4n) is 1.05. The summed E-state index contributed by atoms with van der Waals surface area (Å²) in [7, 11) is 0. The van der Waals surface area contributed by atoms with Crippen LogP contribution < -0.4 is 5.32 Å². The molecule has 1 aromatic carbocycles. The minimum atomic E-state index is 0.322. The van der Waals surface area contributed by atoms with Crippen LogP contribution in [0.3, 0.4) is 0 Å². The van der Waals surface area contributed by atoms with E-state index in [4.69, 9.17) is 0 Å². The van der Waals surface area contributed by atoms with Crippen molar-refractivity contribution in [1.29, 1.82) is 0 Å². The van der Waals surface area contributed by atoms with Gasteiger partial charge in [-0.2, -0.15) is 4.99 Å². The molecule has 0 saturated carbocycles. The summed E-state index contributed by atoms with van der Waals surface area (Å²) in [5, 5.41) is 3.19. The number of nitrogens with zero attached hydrogens (tertiary/aromatic N) is 1. The lowest BCUT2D eigenvalue weighted by Crippen LogP contribution is -2.09. The molecule has 3 nitrogen and oxygen atoms in total. The molecule has 1 aromatic rings. The Morgan fingerprint density at radius 2 is 2.08 bits per heavy atom. The number of carbonyl (C=O) groups excluding carboxylic acids is 1. The molecule has 0 aromatic heterocycles. The van der Waals surface area contributed by atoms with Crippen molar-refractivity contribution in [2.75, 3.05) is 5.32 Å². The Bertz CT molecular complexity index is 327. The molecule has 3 heteroatoms. The molecule has 1 N–H and O–H groups in total. The van der Waals surface area contributed by atoms with Gasteiger partial charge >= 0.3 is 0 Å². The minimum absolute atomic E-state index is 0.322. The van der Waals surface area contributed by atoms with Gasteiger partial charge in [0, 0.05) is 6.04 Å². The first-order valence-electron chi connectivity index (χ1n) is 4.17. The predicted molar refractivity (Wildman–Crippen MR) is 53.0 cm³/mol. The zero-order valence-corrected chi connectivity index (χ0v) is 7.74. The third-order valence-corrected chi connectivity index (χ3v) is 1.51. The van der Waals surface area contributed by atoms with Crippen molar-refractivity contribution in [1.82, 2.24) is 0 Å². The van der Waals surface area contributed by atoms with Gasteiger partial charge in [-0.1, -0.05) is 12.1 Å². The fourth-order valence-corrected chi connectivity index (χ4v) is 1.05. The molecule has 0 unspecified atom stereocenters. The highest BCUT2D eigenvalue weighted by atomic mass is 16.1. The van der Waals surface area contributed by atoms with E-state index in [0.29, 0.717) is 11.7 Å². The lowest BCUT2D eigenvalue weighted by atomic mass is 10.2. The molecule has 0 aliphatic rings. The summed E-state index contributed by atoms with van der Waals surface area (Å²) < 4.78 is 0. The molecule has 0 amide bonds. The van der Waals surface area contributed by atoms with Gasteiger partial charge in [-0.3, -0.25) is 0 Å². The summed E-state index contributed by atoms with van der Waals surface area (Å²) in [6.45, 7) is 4.06. The lowest BCUT2D eigenvalue weighted by molar-refractivity contribution is 0.565. The van der Waals surface area contributed by atoms with Crippen molar-refractivity contribution < 1.29 is 4.79 Å². The van der Waals surface area contributed by atoms with E-state index >= 15 is 0 Å². The van der Waals surface area contributed by atoms with E-state index in [9.17, 15) is 4.79 Å². The molecule has 0 radical (unpaired) electrons. The van der Waals surface area contributed by atoms with Crippen LogP contribution in [0.5, 0.6) is 0 Å². The Morgan fingerprint density at radius 3 is 2.69 bits per heavy atom. The van der Waals surface area contributed by atoms with Gasteiger partial charge in [-0.15, -0.1) is 0 Å². The van der Waals surface area contributed by atoms with E-state index in [-0.39, 0.29) is 0 Å². The maximum absolute atomic E-state index is 10.1. The summed E-state index contributed by atoms with van der Waals surface area (Å²) in [6, 6.07) is 7.71. The second-order valence-corrected chi connectivity index (χ2v) is 3.02. The van der Waals surface area contributed by atoms with Crippen molar-refractivity contribution in [2.45, 2.75) is 19.9 Å².